The molecule has 0 aromatic heterocycles. The highest BCUT2D eigenvalue weighted by Gasteiger charge is 2.65. The Morgan fingerprint density at radius 3 is 2.56 bits per heavy atom. The first-order valence-electron chi connectivity index (χ1n) is 21.2. The van der Waals surface area contributed by atoms with Gasteiger partial charge in [-0.3, -0.25) is 9.69 Å². The van der Waals surface area contributed by atoms with Crippen LogP contribution in [-0.4, -0.2) is 90.7 Å². The molecule has 6 atom stereocenters. The van der Waals surface area contributed by atoms with Crippen LogP contribution in [0, 0.1) is 17.8 Å². The van der Waals surface area contributed by atoms with Crippen molar-refractivity contribution < 1.29 is 53.1 Å². The molecule has 0 spiro atoms. The maximum Gasteiger partial charge on any atom is 0.410 e. The first kappa shape index (κ1) is 44.0. The Morgan fingerprint density at radius 1 is 1.00 bits per heavy atom. The van der Waals surface area contributed by atoms with Crippen molar-refractivity contribution in [3.63, 3.8) is 0 Å². The number of aldehydes is 1. The van der Waals surface area contributed by atoms with E-state index in [1.54, 1.807) is 35.2 Å². The molecule has 3 aromatic rings. The van der Waals surface area contributed by atoms with E-state index in [0.29, 0.717) is 59.5 Å². The van der Waals surface area contributed by atoms with E-state index in [9.17, 15) is 19.8 Å². The first-order chi connectivity index (χ1) is 29.9. The number of nitrogens with zero attached hydrogens (tertiary/aromatic N) is 2. The summed E-state index contributed by atoms with van der Waals surface area (Å²) in [6, 6.07) is 17.4. The highest BCUT2D eigenvalue weighted by atomic mass is 35.5. The van der Waals surface area contributed by atoms with Gasteiger partial charge >= 0.3 is 6.09 Å². The van der Waals surface area contributed by atoms with Crippen molar-refractivity contribution in [3.05, 3.63) is 102 Å². The van der Waals surface area contributed by atoms with Crippen LogP contribution in [0.3, 0.4) is 0 Å². The summed E-state index contributed by atoms with van der Waals surface area (Å²) >= 11 is 6.09. The van der Waals surface area contributed by atoms with Crippen LogP contribution >= 0.6 is 11.6 Å². The molecule has 2 N–H and O–H groups in total. The zero-order chi connectivity index (χ0) is 42.8. The van der Waals surface area contributed by atoms with Gasteiger partial charge in [-0.2, -0.15) is 0 Å². The molecule has 0 bridgehead atoms. The van der Waals surface area contributed by atoms with E-state index in [1.165, 1.54) is 0 Å². The highest BCUT2D eigenvalue weighted by Crippen LogP contribution is 2.62. The highest BCUT2D eigenvalue weighted by molar-refractivity contribution is 6.18. The average molecular weight is 859 g/mol. The van der Waals surface area contributed by atoms with Gasteiger partial charge in [0.05, 0.1) is 24.1 Å². The van der Waals surface area contributed by atoms with Crippen molar-refractivity contribution in [2.45, 2.75) is 76.2 Å². The van der Waals surface area contributed by atoms with Crippen molar-refractivity contribution >= 4 is 29.7 Å². The number of carbonyl (C=O) groups is 2. The van der Waals surface area contributed by atoms with E-state index in [2.05, 4.69) is 12.7 Å². The number of benzene rings is 3. The van der Waals surface area contributed by atoms with Crippen LogP contribution in [0.2, 0.25) is 0 Å². The standard InChI is InChI=1S/C47H55ClN2O11/c1-3-21-58-47-43(50(46(54)55-22-18-48)28-31-14-16-41-42(24-31)57-30-56-41)27-39(49-59-4-2)37-25-33(11-5-7-19-51)36(13-6-8-20-52)44(45(37)47)38-26-35(15-17-40(38)61-47)60-34-12-9-10-32(23-34)29-53/h3,9-10,12,14-17,23-26,29,33,36,43-45,51-52H,1,4-8,11,13,18-22,27-28,30H2,2H3. The summed E-state index contributed by atoms with van der Waals surface area (Å²) in [6.07, 6.45) is 8.72. The van der Waals surface area contributed by atoms with Crippen LogP contribution in [-0.2, 0) is 20.9 Å². The molecule has 61 heavy (non-hydrogen) atoms. The summed E-state index contributed by atoms with van der Waals surface area (Å²) in [4.78, 5) is 33.7. The van der Waals surface area contributed by atoms with E-state index < -0.39 is 23.8 Å². The summed E-state index contributed by atoms with van der Waals surface area (Å²) in [6.45, 7) is 6.62. The van der Waals surface area contributed by atoms with Crippen LogP contribution in [0.5, 0.6) is 28.7 Å². The van der Waals surface area contributed by atoms with Gasteiger partial charge in [-0.15, -0.1) is 18.2 Å². The predicted octanol–water partition coefficient (Wildman–Crippen LogP) is 8.55. The lowest BCUT2D eigenvalue weighted by Crippen LogP contribution is -2.70. The maximum atomic E-state index is 14.5. The van der Waals surface area contributed by atoms with E-state index in [0.717, 1.165) is 48.7 Å². The Hall–Kier alpha value is -5.08. The van der Waals surface area contributed by atoms with Gasteiger partial charge < -0.3 is 43.5 Å². The number of hydrogen-bond acceptors (Lipinski definition) is 12. The minimum atomic E-state index is -1.51. The Balaban J connectivity index is 1.44. The van der Waals surface area contributed by atoms with Gasteiger partial charge in [-0.25, -0.2) is 4.79 Å². The third-order valence-electron chi connectivity index (χ3n) is 11.9. The SMILES string of the molecule is C=CCOC12Oc3ccc(Oc4cccc(C=O)c4)cc3C3C(CCCCO)C(CCCCO)C=C(C(=NOCC)CC1N(Cc1ccc4c(c1)OCO4)C(=O)OCCCl)C32. The number of ether oxygens (including phenoxy) is 6. The fourth-order valence-electron chi connectivity index (χ4n) is 9.39. The number of rotatable bonds is 21. The lowest BCUT2D eigenvalue weighted by Gasteiger charge is -2.59. The summed E-state index contributed by atoms with van der Waals surface area (Å²) in [5, 5.41) is 24.6. The molecule has 0 radical (unpaired) electrons. The third-order valence-corrected chi connectivity index (χ3v) is 12.0. The fourth-order valence-corrected chi connectivity index (χ4v) is 9.47. The quantitative estimate of drug-likeness (QED) is 0.0348. The molecule has 14 heteroatoms. The number of oxime groups is 1. The van der Waals surface area contributed by atoms with E-state index >= 15 is 0 Å². The molecular weight excluding hydrogens is 804 g/mol. The molecule has 6 unspecified atom stereocenters. The number of amides is 1. The molecule has 0 saturated heterocycles. The Bertz CT molecular complexity index is 2080. The number of hydrogen-bond donors (Lipinski definition) is 2. The molecule has 2 heterocycles. The summed E-state index contributed by atoms with van der Waals surface area (Å²) in [5.41, 5.74) is 3.70. The van der Waals surface area contributed by atoms with Crippen LogP contribution in [0.1, 0.15) is 79.3 Å². The molecular formula is C47H55ClN2O11. The van der Waals surface area contributed by atoms with Crippen LogP contribution in [0.15, 0.2) is 90.1 Å². The molecule has 7 rings (SSSR count). The third kappa shape index (κ3) is 9.55. The van der Waals surface area contributed by atoms with Gasteiger partial charge in [0.1, 0.15) is 42.8 Å². The lowest BCUT2D eigenvalue weighted by atomic mass is 9.55. The second-order valence-corrected chi connectivity index (χ2v) is 16.0. The number of aliphatic hydroxyl groups is 2. The molecule has 2 aliphatic heterocycles. The van der Waals surface area contributed by atoms with E-state index in [-0.39, 0.29) is 69.8 Å². The van der Waals surface area contributed by atoms with Gasteiger partial charge in [0.2, 0.25) is 12.6 Å². The molecule has 3 aromatic carbocycles. The Kier molecular flexibility index (Phi) is 14.9. The second-order valence-electron chi connectivity index (χ2n) is 15.6. The van der Waals surface area contributed by atoms with E-state index in [4.69, 9.17) is 50.0 Å². The molecule has 1 amide bonds. The Morgan fingerprint density at radius 2 is 1.79 bits per heavy atom. The minimum absolute atomic E-state index is 0.000377. The van der Waals surface area contributed by atoms with Crippen LogP contribution in [0.4, 0.5) is 4.79 Å². The van der Waals surface area contributed by atoms with Crippen molar-refractivity contribution in [2.24, 2.45) is 22.9 Å². The van der Waals surface area contributed by atoms with Crippen LogP contribution < -0.4 is 18.9 Å². The average Bonchev–Trinajstić information content (AvgIpc) is 3.75. The lowest BCUT2D eigenvalue weighted by molar-refractivity contribution is -0.256. The molecule has 326 valence electrons. The molecule has 13 nitrogen and oxygen atoms in total. The summed E-state index contributed by atoms with van der Waals surface area (Å²) in [5.74, 6) is 0.618. The topological polar surface area (TPSA) is 155 Å². The number of halogens is 1. The molecule has 4 aliphatic rings. The summed E-state index contributed by atoms with van der Waals surface area (Å²) < 4.78 is 37.9. The van der Waals surface area contributed by atoms with Gasteiger partial charge in [0.25, 0.3) is 0 Å². The molecule has 1 fully saturated rings. The van der Waals surface area contributed by atoms with Gasteiger partial charge in [0.15, 0.2) is 11.5 Å². The van der Waals surface area contributed by atoms with Crippen molar-refractivity contribution in [3.8, 4) is 28.7 Å². The van der Waals surface area contributed by atoms with Gasteiger partial charge in [-0.1, -0.05) is 48.3 Å². The number of aliphatic hydroxyl groups excluding tert-OH is 2. The number of allylic oxidation sites excluding steroid dienone is 1. The maximum absolute atomic E-state index is 14.5. The second kappa shape index (κ2) is 20.7. The number of alkyl halides is 1. The van der Waals surface area contributed by atoms with Crippen LogP contribution in [0.25, 0.3) is 0 Å². The fraction of sp³-hybridized carbons (Fsp3) is 0.468. The number of carbonyl (C=O) groups excluding carboxylic acids is 2. The zero-order valence-electron chi connectivity index (χ0n) is 34.5. The summed E-state index contributed by atoms with van der Waals surface area (Å²) in [7, 11) is 0. The van der Waals surface area contributed by atoms with Crippen molar-refractivity contribution in [1.82, 2.24) is 4.90 Å². The number of unbranched alkanes of at least 4 members (excludes halogenated alkanes) is 2. The molecule has 2 aliphatic carbocycles. The zero-order valence-corrected chi connectivity index (χ0v) is 35.3. The van der Waals surface area contributed by atoms with Gasteiger partial charge in [-0.05, 0) is 98.0 Å². The predicted molar refractivity (Wildman–Crippen MR) is 229 cm³/mol. The number of fused-ring (bicyclic) bond motifs is 3. The first-order valence-corrected chi connectivity index (χ1v) is 21.7. The molecule has 1 saturated carbocycles. The monoisotopic (exact) mass is 858 g/mol. The smallest absolute Gasteiger partial charge is 0.410 e. The van der Waals surface area contributed by atoms with E-state index in [1.807, 2.05) is 43.3 Å². The van der Waals surface area contributed by atoms with Crippen molar-refractivity contribution in [2.75, 3.05) is 45.7 Å². The minimum Gasteiger partial charge on any atom is -0.459 e. The normalized spacial score (nSPS) is 23.8. The van der Waals surface area contributed by atoms with Crippen molar-refractivity contribution in [1.29, 1.82) is 0 Å². The van der Waals surface area contributed by atoms with Gasteiger partial charge in [0, 0.05) is 43.2 Å². The Labute approximate surface area is 361 Å². The largest absolute Gasteiger partial charge is 0.459 e.